The minimum atomic E-state index is -0.577. The van der Waals surface area contributed by atoms with Gasteiger partial charge in [0.25, 0.3) is 0 Å². The number of ether oxygens (including phenoxy) is 2. The summed E-state index contributed by atoms with van der Waals surface area (Å²) >= 11 is 0. The lowest BCUT2D eigenvalue weighted by Crippen LogP contribution is -2.53. The Kier molecular flexibility index (Phi) is 5.65. The van der Waals surface area contributed by atoms with Gasteiger partial charge in [-0.15, -0.1) is 12.4 Å². The number of benzene rings is 1. The molecular formula is C17H26ClNO4. The largest absolute Gasteiger partial charge is 0.502 e. The van der Waals surface area contributed by atoms with Crippen molar-refractivity contribution in [3.8, 4) is 17.2 Å². The van der Waals surface area contributed by atoms with Gasteiger partial charge in [0.05, 0.1) is 19.8 Å². The molecule has 6 heteroatoms. The fourth-order valence-corrected chi connectivity index (χ4v) is 4.07. The number of methoxy groups -OCH3 is 2. The van der Waals surface area contributed by atoms with Crippen molar-refractivity contribution in [2.75, 3.05) is 20.8 Å². The molecule has 2 fully saturated rings. The molecule has 0 spiro atoms. The third-order valence-electron chi connectivity index (χ3n) is 5.25. The molecule has 1 aliphatic heterocycles. The van der Waals surface area contributed by atoms with Gasteiger partial charge in [0.1, 0.15) is 0 Å². The highest BCUT2D eigenvalue weighted by molar-refractivity contribution is 5.85. The first-order valence-corrected chi connectivity index (χ1v) is 7.99. The predicted octanol–water partition coefficient (Wildman–Crippen LogP) is 2.79. The van der Waals surface area contributed by atoms with E-state index in [0.717, 1.165) is 44.2 Å². The molecular weight excluding hydrogens is 318 g/mol. The zero-order chi connectivity index (χ0) is 15.7. The molecule has 1 saturated carbocycles. The van der Waals surface area contributed by atoms with Crippen molar-refractivity contribution < 1.29 is 19.7 Å². The Morgan fingerprint density at radius 1 is 1.13 bits per heavy atom. The maximum Gasteiger partial charge on any atom is 0.200 e. The molecule has 0 aromatic heterocycles. The Bertz CT molecular complexity index is 524. The highest BCUT2D eigenvalue weighted by Gasteiger charge is 2.46. The molecule has 23 heavy (non-hydrogen) atoms. The second-order valence-electron chi connectivity index (χ2n) is 6.41. The summed E-state index contributed by atoms with van der Waals surface area (Å²) in [7, 11) is 3.06. The molecule has 3 rings (SSSR count). The number of phenols is 1. The topological polar surface area (TPSA) is 71.0 Å². The normalized spacial score (nSPS) is 30.0. The standard InChI is InChI=1S/C17H25NO4.ClH/c1-21-13-9-11(10-14(22-2)16(13)19)15-12-5-3-4-6-17(12,20)7-8-18-15;/h9-10,12,15,18-20H,3-8H2,1-2H3;1H. The highest BCUT2D eigenvalue weighted by Crippen LogP contribution is 2.48. The van der Waals surface area contributed by atoms with Crippen molar-refractivity contribution in [1.82, 2.24) is 5.32 Å². The van der Waals surface area contributed by atoms with E-state index in [0.29, 0.717) is 11.5 Å². The Morgan fingerprint density at radius 3 is 2.39 bits per heavy atom. The summed E-state index contributed by atoms with van der Waals surface area (Å²) < 4.78 is 10.5. The molecule has 130 valence electrons. The summed E-state index contributed by atoms with van der Waals surface area (Å²) in [5.41, 5.74) is 0.420. The summed E-state index contributed by atoms with van der Waals surface area (Å²) in [6.07, 6.45) is 4.95. The Hall–Kier alpha value is -1.17. The zero-order valence-electron chi connectivity index (χ0n) is 13.7. The third-order valence-corrected chi connectivity index (χ3v) is 5.25. The van der Waals surface area contributed by atoms with Crippen LogP contribution in [-0.4, -0.2) is 36.6 Å². The van der Waals surface area contributed by atoms with E-state index < -0.39 is 5.60 Å². The number of hydrogen-bond acceptors (Lipinski definition) is 5. The lowest BCUT2D eigenvalue weighted by Gasteiger charge is -2.48. The first-order valence-electron chi connectivity index (χ1n) is 7.99. The Morgan fingerprint density at radius 2 is 1.78 bits per heavy atom. The quantitative estimate of drug-likeness (QED) is 0.787. The third kappa shape index (κ3) is 3.23. The number of aliphatic hydroxyl groups is 1. The zero-order valence-corrected chi connectivity index (χ0v) is 14.5. The molecule has 1 aliphatic carbocycles. The van der Waals surface area contributed by atoms with Crippen molar-refractivity contribution in [1.29, 1.82) is 0 Å². The van der Waals surface area contributed by atoms with E-state index in [2.05, 4.69) is 5.32 Å². The first-order chi connectivity index (χ1) is 10.6. The van der Waals surface area contributed by atoms with Gasteiger partial charge in [-0.25, -0.2) is 0 Å². The van der Waals surface area contributed by atoms with Crippen LogP contribution >= 0.6 is 12.4 Å². The monoisotopic (exact) mass is 343 g/mol. The summed E-state index contributed by atoms with van der Waals surface area (Å²) in [6, 6.07) is 3.74. The molecule has 0 bridgehead atoms. The average molecular weight is 344 g/mol. The van der Waals surface area contributed by atoms with Gasteiger partial charge in [0.2, 0.25) is 5.75 Å². The summed E-state index contributed by atoms with van der Waals surface area (Å²) in [4.78, 5) is 0. The summed E-state index contributed by atoms with van der Waals surface area (Å²) in [6.45, 7) is 0.795. The van der Waals surface area contributed by atoms with E-state index in [9.17, 15) is 10.2 Å². The van der Waals surface area contributed by atoms with Crippen molar-refractivity contribution in [3.05, 3.63) is 17.7 Å². The van der Waals surface area contributed by atoms with E-state index in [1.165, 1.54) is 14.2 Å². The van der Waals surface area contributed by atoms with Gasteiger partial charge < -0.3 is 25.0 Å². The molecule has 3 atom stereocenters. The van der Waals surface area contributed by atoms with Crippen LogP contribution < -0.4 is 14.8 Å². The van der Waals surface area contributed by atoms with Gasteiger partial charge in [-0.2, -0.15) is 0 Å². The number of fused-ring (bicyclic) bond motifs is 1. The molecule has 1 heterocycles. The summed E-state index contributed by atoms with van der Waals surface area (Å²) in [5, 5.41) is 24.6. The summed E-state index contributed by atoms with van der Waals surface area (Å²) in [5.74, 6) is 1.01. The van der Waals surface area contributed by atoms with E-state index in [-0.39, 0.29) is 30.1 Å². The molecule has 3 unspecified atom stereocenters. The number of nitrogens with one attached hydrogen (secondary N) is 1. The fourth-order valence-electron chi connectivity index (χ4n) is 4.07. The molecule has 0 amide bonds. The van der Waals surface area contributed by atoms with Crippen molar-refractivity contribution >= 4 is 12.4 Å². The maximum atomic E-state index is 11.0. The van der Waals surface area contributed by atoms with Gasteiger partial charge in [-0.05, 0) is 43.5 Å². The van der Waals surface area contributed by atoms with Crippen LogP contribution in [0.2, 0.25) is 0 Å². The van der Waals surface area contributed by atoms with Crippen LogP contribution in [0.15, 0.2) is 12.1 Å². The smallest absolute Gasteiger partial charge is 0.200 e. The van der Waals surface area contributed by atoms with Crippen LogP contribution in [0, 0.1) is 5.92 Å². The van der Waals surface area contributed by atoms with Gasteiger partial charge >= 0.3 is 0 Å². The average Bonchev–Trinajstić information content (AvgIpc) is 2.54. The molecule has 1 saturated heterocycles. The predicted molar refractivity (Wildman–Crippen MR) is 90.7 cm³/mol. The number of phenolic OH excluding ortho intramolecular Hbond substituents is 1. The molecule has 2 aliphatic rings. The Balaban J connectivity index is 0.00000192. The van der Waals surface area contributed by atoms with Gasteiger partial charge in [0, 0.05) is 12.0 Å². The van der Waals surface area contributed by atoms with Crippen LogP contribution in [0.4, 0.5) is 0 Å². The van der Waals surface area contributed by atoms with Crippen molar-refractivity contribution in [3.63, 3.8) is 0 Å². The first kappa shape index (κ1) is 18.2. The van der Waals surface area contributed by atoms with E-state index in [1.54, 1.807) is 0 Å². The number of rotatable bonds is 3. The maximum absolute atomic E-state index is 11.0. The van der Waals surface area contributed by atoms with Crippen LogP contribution in [0.1, 0.15) is 43.7 Å². The van der Waals surface area contributed by atoms with Crippen molar-refractivity contribution in [2.45, 2.75) is 43.7 Å². The van der Waals surface area contributed by atoms with E-state index >= 15 is 0 Å². The lowest BCUT2D eigenvalue weighted by atomic mass is 9.67. The molecule has 1 aromatic carbocycles. The highest BCUT2D eigenvalue weighted by atomic mass is 35.5. The number of halogens is 1. The lowest BCUT2D eigenvalue weighted by molar-refractivity contribution is -0.0861. The Labute approximate surface area is 143 Å². The number of piperidine rings is 1. The number of aromatic hydroxyl groups is 1. The number of hydrogen-bond donors (Lipinski definition) is 3. The molecule has 3 N–H and O–H groups in total. The second kappa shape index (κ2) is 7.16. The van der Waals surface area contributed by atoms with Crippen molar-refractivity contribution in [2.24, 2.45) is 5.92 Å². The van der Waals surface area contributed by atoms with Gasteiger partial charge in [-0.1, -0.05) is 12.8 Å². The van der Waals surface area contributed by atoms with Crippen LogP contribution in [0.25, 0.3) is 0 Å². The molecule has 1 aromatic rings. The minimum Gasteiger partial charge on any atom is -0.502 e. The van der Waals surface area contributed by atoms with E-state index in [1.807, 2.05) is 12.1 Å². The van der Waals surface area contributed by atoms with Crippen LogP contribution in [0.3, 0.4) is 0 Å². The van der Waals surface area contributed by atoms with Gasteiger partial charge in [-0.3, -0.25) is 0 Å². The van der Waals surface area contributed by atoms with E-state index in [4.69, 9.17) is 9.47 Å². The molecule has 0 radical (unpaired) electrons. The van der Waals surface area contributed by atoms with Crippen LogP contribution in [0.5, 0.6) is 17.2 Å². The van der Waals surface area contributed by atoms with Crippen LogP contribution in [-0.2, 0) is 0 Å². The van der Waals surface area contributed by atoms with Gasteiger partial charge in [0.15, 0.2) is 11.5 Å². The second-order valence-corrected chi connectivity index (χ2v) is 6.41. The fraction of sp³-hybridized carbons (Fsp3) is 0.647. The molecule has 5 nitrogen and oxygen atoms in total. The minimum absolute atomic E-state index is 0. The SMILES string of the molecule is COc1cc(C2NCCC3(O)CCCCC23)cc(OC)c1O.Cl.